The molecule has 2 heterocycles. The van der Waals surface area contributed by atoms with Crippen molar-refractivity contribution < 1.29 is 14.3 Å². The van der Waals surface area contributed by atoms with Gasteiger partial charge in [0, 0.05) is 50.3 Å². The second-order valence-corrected chi connectivity index (χ2v) is 8.83. The largest absolute Gasteiger partial charge is 0.378 e. The molecule has 1 aliphatic carbocycles. The van der Waals surface area contributed by atoms with Gasteiger partial charge in [-0.25, -0.2) is 0 Å². The van der Waals surface area contributed by atoms with Gasteiger partial charge in [-0.15, -0.1) is 0 Å². The van der Waals surface area contributed by atoms with Gasteiger partial charge in [0.05, 0.1) is 26.3 Å². The minimum absolute atomic E-state index is 0.133. The van der Waals surface area contributed by atoms with Gasteiger partial charge in [-0.3, -0.25) is 14.5 Å². The normalized spacial score (nSPS) is 21.5. The molecule has 0 spiro atoms. The quantitative estimate of drug-likeness (QED) is 0.702. The Kier molecular flexibility index (Phi) is 7.25. The van der Waals surface area contributed by atoms with E-state index in [1.54, 1.807) is 0 Å². The number of ether oxygens (including phenoxy) is 1. The molecule has 3 aliphatic rings. The molecule has 3 fully saturated rings. The van der Waals surface area contributed by atoms with Crippen LogP contribution < -0.4 is 5.32 Å². The minimum Gasteiger partial charge on any atom is -0.378 e. The molecule has 0 aromatic heterocycles. The van der Waals surface area contributed by atoms with Gasteiger partial charge in [-0.1, -0.05) is 23.7 Å². The van der Waals surface area contributed by atoms with Crippen molar-refractivity contribution in [2.24, 2.45) is 5.92 Å². The third-order valence-corrected chi connectivity index (χ3v) is 6.50. The molecule has 4 rings (SSSR count). The van der Waals surface area contributed by atoms with E-state index in [9.17, 15) is 9.59 Å². The lowest BCUT2D eigenvalue weighted by atomic mass is 10.0. The third-order valence-electron chi connectivity index (χ3n) is 6.24. The average Bonchev–Trinajstić information content (AvgIpc) is 3.61. The summed E-state index contributed by atoms with van der Waals surface area (Å²) in [5, 5.41) is 4.21. The minimum atomic E-state index is 0.133. The van der Waals surface area contributed by atoms with E-state index in [0.29, 0.717) is 58.4 Å². The number of amides is 2. The summed E-state index contributed by atoms with van der Waals surface area (Å²) in [6, 6.07) is 8.12. The van der Waals surface area contributed by atoms with E-state index >= 15 is 0 Å². The van der Waals surface area contributed by atoms with Crippen molar-refractivity contribution >= 4 is 23.4 Å². The van der Waals surface area contributed by atoms with Crippen LogP contribution in [0.25, 0.3) is 0 Å². The fourth-order valence-corrected chi connectivity index (χ4v) is 4.35. The fraction of sp³-hybridized carbons (Fsp3) is 0.636. The van der Waals surface area contributed by atoms with E-state index in [4.69, 9.17) is 16.3 Å². The summed E-state index contributed by atoms with van der Waals surface area (Å²) in [5.74, 6) is 0.894. The lowest BCUT2D eigenvalue weighted by Gasteiger charge is -2.36. The highest BCUT2D eigenvalue weighted by Gasteiger charge is 2.33. The van der Waals surface area contributed by atoms with Crippen molar-refractivity contribution in [3.05, 3.63) is 34.9 Å². The molecule has 0 bridgehead atoms. The number of nitrogens with one attached hydrogen (secondary N) is 1. The van der Waals surface area contributed by atoms with E-state index in [0.717, 1.165) is 18.1 Å². The summed E-state index contributed by atoms with van der Waals surface area (Å²) in [5.41, 5.74) is 1.20. The van der Waals surface area contributed by atoms with Gasteiger partial charge in [0.2, 0.25) is 11.8 Å². The van der Waals surface area contributed by atoms with Gasteiger partial charge >= 0.3 is 0 Å². The molecule has 1 unspecified atom stereocenters. The average molecular weight is 435 g/mol. The summed E-state index contributed by atoms with van der Waals surface area (Å²) < 4.78 is 5.31. The number of nitrogens with zero attached hydrogens (tertiary/aromatic N) is 3. The van der Waals surface area contributed by atoms with Gasteiger partial charge in [0.15, 0.2) is 0 Å². The molecule has 30 heavy (non-hydrogen) atoms. The first-order chi connectivity index (χ1) is 14.6. The highest BCUT2D eigenvalue weighted by Crippen LogP contribution is 2.41. The summed E-state index contributed by atoms with van der Waals surface area (Å²) in [4.78, 5) is 31.1. The summed E-state index contributed by atoms with van der Waals surface area (Å²) >= 11 is 6.01. The summed E-state index contributed by atoms with van der Waals surface area (Å²) in [6.45, 7) is 6.21. The lowest BCUT2D eigenvalue weighted by molar-refractivity contribution is -0.137. The first-order valence-electron chi connectivity index (χ1n) is 10.9. The lowest BCUT2D eigenvalue weighted by Crippen LogP contribution is -2.53. The SMILES string of the molecule is O=C(CNC(c1ccc(Cl)cc1)C1CC1)N1CCN(CC(=O)N2CCOCC2)CC1. The topological polar surface area (TPSA) is 65.1 Å². The van der Waals surface area contributed by atoms with E-state index in [1.165, 1.54) is 18.4 Å². The van der Waals surface area contributed by atoms with E-state index in [2.05, 4.69) is 10.2 Å². The van der Waals surface area contributed by atoms with Gasteiger partial charge < -0.3 is 19.9 Å². The maximum atomic E-state index is 12.7. The molecule has 8 heteroatoms. The molecule has 164 valence electrons. The predicted molar refractivity (Wildman–Crippen MR) is 115 cm³/mol. The first-order valence-corrected chi connectivity index (χ1v) is 11.3. The second-order valence-electron chi connectivity index (χ2n) is 8.40. The number of halogens is 1. The van der Waals surface area contributed by atoms with Crippen LogP contribution in [0.15, 0.2) is 24.3 Å². The molecule has 1 saturated carbocycles. The van der Waals surface area contributed by atoms with Crippen LogP contribution in [0.1, 0.15) is 24.4 Å². The Balaban J connectivity index is 1.21. The third kappa shape index (κ3) is 5.72. The van der Waals surface area contributed by atoms with E-state index < -0.39 is 0 Å². The molecule has 2 amide bonds. The zero-order valence-electron chi connectivity index (χ0n) is 17.4. The Hall–Kier alpha value is -1.67. The molecule has 1 aromatic rings. The standard InChI is InChI=1S/C22H31ClN4O3/c23-19-5-3-18(4-6-19)22(17-1-2-17)24-15-20(28)26-9-7-25(8-10-26)16-21(29)27-11-13-30-14-12-27/h3-6,17,22,24H,1-2,7-16H2. The number of hydrogen-bond donors (Lipinski definition) is 1. The summed E-state index contributed by atoms with van der Waals surface area (Å²) in [7, 11) is 0. The van der Waals surface area contributed by atoms with Crippen LogP contribution in [0.4, 0.5) is 0 Å². The number of morpholine rings is 1. The van der Waals surface area contributed by atoms with Crippen LogP contribution in [-0.2, 0) is 14.3 Å². The van der Waals surface area contributed by atoms with Crippen molar-refractivity contribution in [3.63, 3.8) is 0 Å². The number of rotatable bonds is 7. The van der Waals surface area contributed by atoms with Crippen LogP contribution in [-0.4, -0.2) is 92.1 Å². The van der Waals surface area contributed by atoms with E-state index in [-0.39, 0.29) is 17.9 Å². The Morgan fingerprint density at radius 2 is 1.60 bits per heavy atom. The summed E-state index contributed by atoms with van der Waals surface area (Å²) in [6.07, 6.45) is 2.40. The van der Waals surface area contributed by atoms with Crippen LogP contribution in [0.2, 0.25) is 5.02 Å². The van der Waals surface area contributed by atoms with Gasteiger partial charge in [-0.2, -0.15) is 0 Å². The van der Waals surface area contributed by atoms with Crippen LogP contribution in [0.3, 0.4) is 0 Å². The van der Waals surface area contributed by atoms with Gasteiger partial charge in [-0.05, 0) is 36.5 Å². The second kappa shape index (κ2) is 10.1. The first kappa shape index (κ1) is 21.6. The molecular weight excluding hydrogens is 404 g/mol. The Bertz CT molecular complexity index is 726. The molecule has 0 radical (unpaired) electrons. The maximum Gasteiger partial charge on any atom is 0.236 e. The highest BCUT2D eigenvalue weighted by molar-refractivity contribution is 6.30. The Morgan fingerprint density at radius 1 is 0.967 bits per heavy atom. The molecular formula is C22H31ClN4O3. The van der Waals surface area contributed by atoms with Crippen LogP contribution in [0.5, 0.6) is 0 Å². The van der Waals surface area contributed by atoms with Crippen LogP contribution >= 0.6 is 11.6 Å². The fourth-order valence-electron chi connectivity index (χ4n) is 4.22. The monoisotopic (exact) mass is 434 g/mol. The van der Waals surface area contributed by atoms with Crippen molar-refractivity contribution in [2.45, 2.75) is 18.9 Å². The highest BCUT2D eigenvalue weighted by atomic mass is 35.5. The zero-order chi connectivity index (χ0) is 20.9. The molecule has 1 atom stereocenters. The molecule has 2 aliphatic heterocycles. The number of piperazine rings is 1. The predicted octanol–water partition coefficient (Wildman–Crippen LogP) is 1.38. The number of carbonyl (C=O) groups is 2. The van der Waals surface area contributed by atoms with Crippen molar-refractivity contribution in [1.82, 2.24) is 20.0 Å². The number of benzene rings is 1. The van der Waals surface area contributed by atoms with Gasteiger partial charge in [0.1, 0.15) is 0 Å². The molecule has 1 N–H and O–H groups in total. The number of carbonyl (C=O) groups excluding carboxylic acids is 2. The molecule has 7 nitrogen and oxygen atoms in total. The molecule has 1 aromatic carbocycles. The van der Waals surface area contributed by atoms with Crippen LogP contribution in [0, 0.1) is 5.92 Å². The number of hydrogen-bond acceptors (Lipinski definition) is 5. The zero-order valence-corrected chi connectivity index (χ0v) is 18.1. The smallest absolute Gasteiger partial charge is 0.236 e. The maximum absolute atomic E-state index is 12.7. The van der Waals surface area contributed by atoms with Crippen molar-refractivity contribution in [1.29, 1.82) is 0 Å². The Labute approximate surface area is 183 Å². The van der Waals surface area contributed by atoms with E-state index in [1.807, 2.05) is 34.1 Å². The molecule has 2 saturated heterocycles. The van der Waals surface area contributed by atoms with Crippen molar-refractivity contribution in [3.8, 4) is 0 Å². The van der Waals surface area contributed by atoms with Crippen molar-refractivity contribution in [2.75, 3.05) is 65.6 Å². The Morgan fingerprint density at radius 3 is 2.23 bits per heavy atom. The van der Waals surface area contributed by atoms with Gasteiger partial charge in [0.25, 0.3) is 0 Å².